The Kier molecular flexibility index (Phi) is 4.87. The number of carbonyl (C=O) groups excluding carboxylic acids is 1. The normalized spacial score (nSPS) is 23.1. The summed E-state index contributed by atoms with van der Waals surface area (Å²) in [4.78, 5) is 12.1. The van der Waals surface area contributed by atoms with Gasteiger partial charge in [0.15, 0.2) is 0 Å². The molecule has 1 aromatic rings. The van der Waals surface area contributed by atoms with Crippen LogP contribution < -0.4 is 4.74 Å². The smallest absolute Gasteiger partial charge is 0.314 e. The Hall–Kier alpha value is -1.02. The molecule has 0 unspecified atom stereocenters. The minimum absolute atomic E-state index is 0.0675. The minimum atomic E-state index is -0.0834. The molecule has 0 radical (unpaired) electrons. The van der Waals surface area contributed by atoms with E-state index < -0.39 is 0 Å². The zero-order chi connectivity index (χ0) is 13.8. The first kappa shape index (κ1) is 14.4. The van der Waals surface area contributed by atoms with Gasteiger partial charge in [-0.05, 0) is 62.3 Å². The zero-order valence-corrected chi connectivity index (χ0v) is 12.4. The quantitative estimate of drug-likeness (QED) is 0.589. The third-order valence-electron chi connectivity index (χ3n) is 4.10. The monoisotopic (exact) mass is 280 g/mol. The second-order valence-corrected chi connectivity index (χ2v) is 5.89. The van der Waals surface area contributed by atoms with Crippen molar-refractivity contribution in [3.8, 4) is 5.75 Å². The molecule has 0 aliphatic heterocycles. The van der Waals surface area contributed by atoms with E-state index in [4.69, 9.17) is 16.3 Å². The largest absolute Gasteiger partial charge is 0.426 e. The predicted octanol–water partition coefficient (Wildman–Crippen LogP) is 4.77. The van der Waals surface area contributed by atoms with Crippen LogP contribution in [0.4, 0.5) is 0 Å². The Labute approximate surface area is 120 Å². The first-order chi connectivity index (χ1) is 9.10. The van der Waals surface area contributed by atoms with Crippen LogP contribution in [0.15, 0.2) is 18.2 Å². The van der Waals surface area contributed by atoms with Gasteiger partial charge in [0, 0.05) is 5.02 Å². The van der Waals surface area contributed by atoms with Crippen molar-refractivity contribution in [3.05, 3.63) is 28.8 Å². The lowest BCUT2D eigenvalue weighted by molar-refractivity contribution is -0.140. The lowest BCUT2D eigenvalue weighted by Gasteiger charge is -2.26. The lowest BCUT2D eigenvalue weighted by Crippen LogP contribution is -2.25. The first-order valence-electron chi connectivity index (χ1n) is 7.08. The van der Waals surface area contributed by atoms with E-state index in [1.165, 1.54) is 6.42 Å². The molecule has 2 rings (SSSR count). The molecule has 0 bridgehead atoms. The van der Waals surface area contributed by atoms with Crippen LogP contribution in [0.25, 0.3) is 0 Å². The summed E-state index contributed by atoms with van der Waals surface area (Å²) >= 11 is 5.89. The van der Waals surface area contributed by atoms with Crippen LogP contribution in [-0.4, -0.2) is 5.97 Å². The summed E-state index contributed by atoms with van der Waals surface area (Å²) in [6.45, 7) is 4.13. The summed E-state index contributed by atoms with van der Waals surface area (Å²) in [6, 6.07) is 5.34. The van der Waals surface area contributed by atoms with Crippen LogP contribution in [-0.2, 0) is 4.79 Å². The molecule has 0 heterocycles. The molecular weight excluding hydrogens is 260 g/mol. The number of rotatable bonds is 3. The molecule has 0 N–H and O–H groups in total. The highest BCUT2D eigenvalue weighted by Crippen LogP contribution is 2.32. The van der Waals surface area contributed by atoms with Gasteiger partial charge in [-0.15, -0.1) is 0 Å². The van der Waals surface area contributed by atoms with E-state index in [1.807, 2.05) is 13.0 Å². The SMILES string of the molecule is CCC1CCC(C(=O)Oc2ccc(Cl)cc2C)CC1. The van der Waals surface area contributed by atoms with E-state index in [-0.39, 0.29) is 11.9 Å². The number of hydrogen-bond donors (Lipinski definition) is 0. The van der Waals surface area contributed by atoms with E-state index >= 15 is 0 Å². The third kappa shape index (κ3) is 3.73. The fourth-order valence-corrected chi connectivity index (χ4v) is 2.95. The van der Waals surface area contributed by atoms with Crippen LogP contribution in [0, 0.1) is 18.8 Å². The molecule has 104 valence electrons. The number of hydrogen-bond acceptors (Lipinski definition) is 2. The Morgan fingerprint density at radius 1 is 1.32 bits per heavy atom. The zero-order valence-electron chi connectivity index (χ0n) is 11.6. The Morgan fingerprint density at radius 2 is 2.00 bits per heavy atom. The molecule has 1 fully saturated rings. The highest BCUT2D eigenvalue weighted by atomic mass is 35.5. The van der Waals surface area contributed by atoms with Gasteiger partial charge in [0.25, 0.3) is 0 Å². The molecule has 0 spiro atoms. The van der Waals surface area contributed by atoms with Crippen molar-refractivity contribution in [3.63, 3.8) is 0 Å². The van der Waals surface area contributed by atoms with Crippen molar-refractivity contribution in [1.82, 2.24) is 0 Å². The Bertz CT molecular complexity index is 448. The van der Waals surface area contributed by atoms with Gasteiger partial charge in [0.05, 0.1) is 5.92 Å². The van der Waals surface area contributed by atoms with Gasteiger partial charge >= 0.3 is 5.97 Å². The van der Waals surface area contributed by atoms with Gasteiger partial charge in [0.2, 0.25) is 0 Å². The van der Waals surface area contributed by atoms with Crippen LogP contribution >= 0.6 is 11.6 Å². The summed E-state index contributed by atoms with van der Waals surface area (Å²) in [6.07, 6.45) is 5.44. The summed E-state index contributed by atoms with van der Waals surface area (Å²) < 4.78 is 5.51. The molecule has 0 saturated heterocycles. The second-order valence-electron chi connectivity index (χ2n) is 5.46. The Balaban J connectivity index is 1.94. The molecule has 0 amide bonds. The molecule has 1 saturated carbocycles. The lowest BCUT2D eigenvalue weighted by atomic mass is 9.81. The van der Waals surface area contributed by atoms with E-state index in [0.29, 0.717) is 10.8 Å². The van der Waals surface area contributed by atoms with Gasteiger partial charge in [0.1, 0.15) is 5.75 Å². The van der Waals surface area contributed by atoms with E-state index in [0.717, 1.165) is 37.2 Å². The van der Waals surface area contributed by atoms with E-state index in [2.05, 4.69) is 6.92 Å². The standard InChI is InChI=1S/C16H21ClO2/c1-3-12-4-6-13(7-5-12)16(18)19-15-9-8-14(17)10-11(15)2/h8-10,12-13H,3-7H2,1-2H3. The maximum atomic E-state index is 12.1. The molecule has 19 heavy (non-hydrogen) atoms. The maximum absolute atomic E-state index is 12.1. The average molecular weight is 281 g/mol. The van der Waals surface area contributed by atoms with Crippen LogP contribution in [0.1, 0.15) is 44.6 Å². The van der Waals surface area contributed by atoms with Gasteiger partial charge in [-0.25, -0.2) is 0 Å². The highest BCUT2D eigenvalue weighted by molar-refractivity contribution is 6.30. The number of ether oxygens (including phenoxy) is 1. The highest BCUT2D eigenvalue weighted by Gasteiger charge is 2.27. The fraction of sp³-hybridized carbons (Fsp3) is 0.562. The summed E-state index contributed by atoms with van der Waals surface area (Å²) in [7, 11) is 0. The van der Waals surface area contributed by atoms with Gasteiger partial charge < -0.3 is 4.74 Å². The van der Waals surface area contributed by atoms with Crippen molar-refractivity contribution in [2.75, 3.05) is 0 Å². The molecular formula is C16H21ClO2. The Morgan fingerprint density at radius 3 is 2.58 bits per heavy atom. The van der Waals surface area contributed by atoms with Crippen LogP contribution in [0.5, 0.6) is 5.75 Å². The molecule has 1 aliphatic rings. The minimum Gasteiger partial charge on any atom is -0.426 e. The topological polar surface area (TPSA) is 26.3 Å². The molecule has 2 nitrogen and oxygen atoms in total. The van der Waals surface area contributed by atoms with Crippen molar-refractivity contribution >= 4 is 17.6 Å². The molecule has 0 aromatic heterocycles. The summed E-state index contributed by atoms with van der Waals surface area (Å²) in [5, 5.41) is 0.667. The molecule has 3 heteroatoms. The third-order valence-corrected chi connectivity index (χ3v) is 4.34. The number of aryl methyl sites for hydroxylation is 1. The van der Waals surface area contributed by atoms with Gasteiger partial charge in [-0.2, -0.15) is 0 Å². The van der Waals surface area contributed by atoms with Gasteiger partial charge in [-0.1, -0.05) is 24.9 Å². The number of halogens is 1. The van der Waals surface area contributed by atoms with E-state index in [1.54, 1.807) is 12.1 Å². The van der Waals surface area contributed by atoms with Crippen LogP contribution in [0.2, 0.25) is 5.02 Å². The fourth-order valence-electron chi connectivity index (χ4n) is 2.73. The summed E-state index contributed by atoms with van der Waals surface area (Å²) in [5.74, 6) is 1.41. The van der Waals surface area contributed by atoms with Crippen molar-refractivity contribution < 1.29 is 9.53 Å². The second kappa shape index (κ2) is 6.42. The van der Waals surface area contributed by atoms with Crippen LogP contribution in [0.3, 0.4) is 0 Å². The molecule has 0 atom stereocenters. The summed E-state index contributed by atoms with van der Waals surface area (Å²) in [5.41, 5.74) is 0.906. The average Bonchev–Trinajstić information content (AvgIpc) is 2.42. The van der Waals surface area contributed by atoms with Crippen molar-refractivity contribution in [2.24, 2.45) is 11.8 Å². The number of esters is 1. The van der Waals surface area contributed by atoms with Crippen molar-refractivity contribution in [2.45, 2.75) is 46.0 Å². The molecule has 1 aliphatic carbocycles. The maximum Gasteiger partial charge on any atom is 0.314 e. The van der Waals surface area contributed by atoms with Gasteiger partial charge in [-0.3, -0.25) is 4.79 Å². The van der Waals surface area contributed by atoms with E-state index in [9.17, 15) is 4.79 Å². The predicted molar refractivity (Wildman–Crippen MR) is 77.6 cm³/mol. The molecule has 1 aromatic carbocycles. The van der Waals surface area contributed by atoms with Crippen molar-refractivity contribution in [1.29, 1.82) is 0 Å². The number of carbonyl (C=O) groups is 1. The number of benzene rings is 1. The first-order valence-corrected chi connectivity index (χ1v) is 7.45.